The molecule has 0 atom stereocenters. The maximum Gasteiger partial charge on any atom is 0.309 e. The van der Waals surface area contributed by atoms with Crippen LogP contribution in [0.3, 0.4) is 0 Å². The number of hydrogen-bond acceptors (Lipinski definition) is 8. The second-order valence-corrected chi connectivity index (χ2v) is 11.9. The minimum absolute atomic E-state index is 0.339. The van der Waals surface area contributed by atoms with Crippen LogP contribution in [0, 0.1) is 31.1 Å². The molecule has 3 aromatic heterocycles. The number of likely N-dealkylation sites (tertiary alicyclic amines) is 1. The predicted molar refractivity (Wildman–Crippen MR) is 178 cm³/mol. The van der Waals surface area contributed by atoms with Crippen LogP contribution in [0.1, 0.15) is 34.7 Å². The molecule has 228 valence electrons. The molecular weight excluding hydrogens is 576 g/mol. The van der Waals surface area contributed by atoms with Gasteiger partial charge >= 0.3 is 5.97 Å². The van der Waals surface area contributed by atoms with E-state index in [1.807, 2.05) is 42.6 Å². The molecule has 0 radical (unpaired) electrons. The van der Waals surface area contributed by atoms with Gasteiger partial charge < -0.3 is 14.8 Å². The Bertz CT molecular complexity index is 2190. The molecule has 9 nitrogen and oxygen atoms in total. The molecule has 2 N–H and O–H groups in total. The van der Waals surface area contributed by atoms with Gasteiger partial charge in [0, 0.05) is 48.7 Å². The number of benzene rings is 3. The van der Waals surface area contributed by atoms with E-state index in [9.17, 15) is 15.2 Å². The summed E-state index contributed by atoms with van der Waals surface area (Å²) >= 11 is 0. The molecule has 0 aliphatic carbocycles. The number of rotatable bonds is 8. The number of pyridine rings is 2. The van der Waals surface area contributed by atoms with Gasteiger partial charge in [-0.25, -0.2) is 9.97 Å². The number of oxazole rings is 1. The number of carboxylic acids is 1. The number of fused-ring (bicyclic) bond motifs is 2. The van der Waals surface area contributed by atoms with E-state index in [0.29, 0.717) is 48.0 Å². The highest BCUT2D eigenvalue weighted by Gasteiger charge is 2.32. The quantitative estimate of drug-likeness (QED) is 0.181. The maximum absolute atomic E-state index is 11.2. The molecule has 46 heavy (non-hydrogen) atoms. The minimum Gasteiger partial charge on any atom is -0.481 e. The van der Waals surface area contributed by atoms with E-state index >= 15 is 0 Å². The zero-order valence-electron chi connectivity index (χ0n) is 25.8. The van der Waals surface area contributed by atoms with Crippen LogP contribution in [0.15, 0.2) is 77.5 Å². The van der Waals surface area contributed by atoms with E-state index < -0.39 is 5.97 Å². The number of aromatic nitrogens is 3. The molecule has 3 aromatic carbocycles. The van der Waals surface area contributed by atoms with Gasteiger partial charge in [-0.2, -0.15) is 5.26 Å². The number of carboxylic acid groups (broad SMARTS) is 1. The van der Waals surface area contributed by atoms with Gasteiger partial charge in [-0.15, -0.1) is 0 Å². The van der Waals surface area contributed by atoms with E-state index in [-0.39, 0.29) is 5.92 Å². The summed E-state index contributed by atoms with van der Waals surface area (Å²) < 4.78 is 6.23. The molecule has 0 bridgehead atoms. The fourth-order valence-electron chi connectivity index (χ4n) is 6.23. The van der Waals surface area contributed by atoms with Gasteiger partial charge in [0.05, 0.1) is 11.5 Å². The summed E-state index contributed by atoms with van der Waals surface area (Å²) in [6.07, 6.45) is 4.63. The summed E-state index contributed by atoms with van der Waals surface area (Å²) in [4.78, 5) is 27.4. The van der Waals surface area contributed by atoms with Crippen LogP contribution in [-0.2, 0) is 17.8 Å². The summed E-state index contributed by atoms with van der Waals surface area (Å²) in [5.74, 6) is 0.0446. The molecule has 7 rings (SSSR count). The normalized spacial score (nSPS) is 13.5. The summed E-state index contributed by atoms with van der Waals surface area (Å²) in [5.41, 5.74) is 10.3. The van der Waals surface area contributed by atoms with Crippen LogP contribution >= 0.6 is 0 Å². The molecule has 1 aliphatic rings. The van der Waals surface area contributed by atoms with Crippen molar-refractivity contribution in [3.8, 4) is 28.7 Å². The molecule has 0 unspecified atom stereocenters. The summed E-state index contributed by atoms with van der Waals surface area (Å²) in [6.45, 7) is 7.81. The second-order valence-electron chi connectivity index (χ2n) is 11.9. The number of aliphatic carboxylic acids is 1. The van der Waals surface area contributed by atoms with Gasteiger partial charge in [0.15, 0.2) is 11.4 Å². The zero-order chi connectivity index (χ0) is 31.9. The van der Waals surface area contributed by atoms with Crippen molar-refractivity contribution in [1.82, 2.24) is 19.9 Å². The highest BCUT2D eigenvalue weighted by molar-refractivity contribution is 5.91. The van der Waals surface area contributed by atoms with E-state index in [0.717, 1.165) is 56.4 Å². The first-order valence-electron chi connectivity index (χ1n) is 15.3. The second kappa shape index (κ2) is 11.7. The number of hydrogen-bond donors (Lipinski definition) is 2. The summed E-state index contributed by atoms with van der Waals surface area (Å²) in [6, 6.07) is 22.4. The third-order valence-electron chi connectivity index (χ3n) is 8.89. The average molecular weight is 609 g/mol. The molecule has 9 heteroatoms. The Balaban J connectivity index is 1.21. The third-order valence-corrected chi connectivity index (χ3v) is 8.89. The average Bonchev–Trinajstić information content (AvgIpc) is 3.47. The van der Waals surface area contributed by atoms with Gasteiger partial charge in [-0.1, -0.05) is 31.2 Å². The Morgan fingerprint density at radius 3 is 2.54 bits per heavy atom. The van der Waals surface area contributed by atoms with Crippen molar-refractivity contribution in [2.75, 3.05) is 18.4 Å². The number of aryl methyl sites for hydroxylation is 1. The highest BCUT2D eigenvalue weighted by atomic mass is 16.4. The smallest absolute Gasteiger partial charge is 0.309 e. The minimum atomic E-state index is -0.772. The molecule has 0 saturated carbocycles. The Labute approximate surface area is 266 Å². The van der Waals surface area contributed by atoms with Gasteiger partial charge in [0.2, 0.25) is 5.89 Å². The number of nitrogens with one attached hydrogen (secondary N) is 1. The van der Waals surface area contributed by atoms with E-state index in [2.05, 4.69) is 60.2 Å². The fraction of sp³-hybridized carbons (Fsp3) is 0.216. The molecule has 1 saturated heterocycles. The lowest BCUT2D eigenvalue weighted by Gasteiger charge is -2.36. The Morgan fingerprint density at radius 2 is 1.78 bits per heavy atom. The lowest BCUT2D eigenvalue weighted by atomic mass is 9.93. The topological polar surface area (TPSA) is 128 Å². The first-order chi connectivity index (χ1) is 22.3. The maximum atomic E-state index is 11.2. The highest BCUT2D eigenvalue weighted by Crippen LogP contribution is 2.38. The van der Waals surface area contributed by atoms with Crippen molar-refractivity contribution in [3.05, 3.63) is 101 Å². The Kier molecular flexibility index (Phi) is 7.43. The number of nitrogens with zero attached hydrogens (tertiary/aromatic N) is 5. The van der Waals surface area contributed by atoms with Crippen LogP contribution in [0.5, 0.6) is 0 Å². The van der Waals surface area contributed by atoms with Crippen LogP contribution < -0.4 is 5.32 Å². The van der Waals surface area contributed by atoms with Gasteiger partial charge in [0.25, 0.3) is 0 Å². The molecule has 4 heterocycles. The zero-order valence-corrected chi connectivity index (χ0v) is 25.8. The standard InChI is InChI=1S/C37H32N6O3/c1-4-23-13-25-11-12-39-35(33(25)40-17-23)41-31-10-6-8-29(22(31)3)28-7-5-9-30(21(28)2)36-42-32-15-24(14-26(16-38)34(32)46-36)18-43-19-27(20-43)37(44)45/h5-15,17,27H,4,18-20H2,1-3H3,(H,39,41)(H,44,45). The van der Waals surface area contributed by atoms with Gasteiger partial charge in [0.1, 0.15) is 17.1 Å². The van der Waals surface area contributed by atoms with Crippen molar-refractivity contribution in [2.45, 2.75) is 33.7 Å². The van der Waals surface area contributed by atoms with Crippen LogP contribution in [0.2, 0.25) is 0 Å². The van der Waals surface area contributed by atoms with Crippen molar-refractivity contribution in [2.24, 2.45) is 5.92 Å². The van der Waals surface area contributed by atoms with E-state index in [4.69, 9.17) is 14.4 Å². The van der Waals surface area contributed by atoms with Crippen molar-refractivity contribution in [1.29, 1.82) is 5.26 Å². The first kappa shape index (κ1) is 29.1. The summed E-state index contributed by atoms with van der Waals surface area (Å²) in [5, 5.41) is 23.7. The molecule has 1 aliphatic heterocycles. The number of anilines is 2. The van der Waals surface area contributed by atoms with Crippen molar-refractivity contribution < 1.29 is 14.3 Å². The first-order valence-corrected chi connectivity index (χ1v) is 15.3. The van der Waals surface area contributed by atoms with E-state index in [1.54, 1.807) is 12.3 Å². The molecule has 1 fully saturated rings. The van der Waals surface area contributed by atoms with Crippen molar-refractivity contribution in [3.63, 3.8) is 0 Å². The lowest BCUT2D eigenvalue weighted by molar-refractivity contribution is -0.147. The van der Waals surface area contributed by atoms with Crippen LogP contribution in [0.25, 0.3) is 44.6 Å². The third kappa shape index (κ3) is 5.23. The summed E-state index contributed by atoms with van der Waals surface area (Å²) in [7, 11) is 0. The van der Waals surface area contributed by atoms with Crippen LogP contribution in [-0.4, -0.2) is 44.0 Å². The van der Waals surface area contributed by atoms with E-state index in [1.165, 1.54) is 5.56 Å². The van der Waals surface area contributed by atoms with Gasteiger partial charge in [-0.05, 0) is 90.0 Å². The van der Waals surface area contributed by atoms with Crippen molar-refractivity contribution >= 4 is 39.5 Å². The molecule has 0 amide bonds. The van der Waals surface area contributed by atoms with Crippen LogP contribution in [0.4, 0.5) is 11.5 Å². The monoisotopic (exact) mass is 608 g/mol. The molecule has 6 aromatic rings. The largest absolute Gasteiger partial charge is 0.481 e. The predicted octanol–water partition coefficient (Wildman–Crippen LogP) is 7.42. The van der Waals surface area contributed by atoms with Gasteiger partial charge in [-0.3, -0.25) is 14.7 Å². The number of nitriles is 1. The fourth-order valence-corrected chi connectivity index (χ4v) is 6.23. The Hall–Kier alpha value is -5.59. The molecular formula is C37H32N6O3. The SMILES string of the molecule is CCc1cnc2c(Nc3cccc(-c4cccc(-c5nc6cc(CN7CC(C(=O)O)C7)cc(C#N)c6o5)c4C)c3C)nccc2c1. The lowest BCUT2D eigenvalue weighted by Crippen LogP contribution is -2.49. The number of carbonyl (C=O) groups is 1. The molecule has 0 spiro atoms. The Morgan fingerprint density at radius 1 is 1.02 bits per heavy atom.